The van der Waals surface area contributed by atoms with Gasteiger partial charge in [0, 0.05) is 33.7 Å². The van der Waals surface area contributed by atoms with Crippen LogP contribution in [0.15, 0.2) is 47.0 Å². The molecule has 0 amide bonds. The van der Waals surface area contributed by atoms with Gasteiger partial charge in [-0.15, -0.1) is 0 Å². The van der Waals surface area contributed by atoms with Crippen LogP contribution in [-0.4, -0.2) is 42.5 Å². The van der Waals surface area contributed by atoms with Gasteiger partial charge in [0.15, 0.2) is 5.82 Å². The van der Waals surface area contributed by atoms with Crippen molar-refractivity contribution in [3.63, 3.8) is 0 Å². The van der Waals surface area contributed by atoms with Gasteiger partial charge in [0.25, 0.3) is 0 Å². The number of aromatic amines is 1. The minimum atomic E-state index is -2.47. The lowest BCUT2D eigenvalue weighted by atomic mass is 9.92. The van der Waals surface area contributed by atoms with Crippen molar-refractivity contribution < 1.29 is 8.60 Å². The molecule has 1 unspecified atom stereocenters. The average molecular weight is 478 g/mol. The molecular formula is C26H28FN5OS. The number of benzene rings is 2. The number of fused-ring (bicyclic) bond motifs is 4. The summed E-state index contributed by atoms with van der Waals surface area (Å²) in [7, 11) is -2.47. The maximum atomic E-state index is 14.1. The fourth-order valence-electron chi connectivity index (χ4n) is 5.63. The van der Waals surface area contributed by atoms with E-state index in [0.717, 1.165) is 51.3 Å². The smallest absolute Gasteiger partial charge is 0.169 e. The monoisotopic (exact) mass is 477 g/mol. The van der Waals surface area contributed by atoms with Gasteiger partial charge in [0.2, 0.25) is 0 Å². The standard InChI is InChI=1S/C26H28FN5OS/c1-15(2)24-23(16-4-6-18(27)7-5-16)20-10-17-12-28-31-22(17)11-21(20)25(29-24)32-34(33)13-19-8-9-26(3,14-34)30-19/h4-7,10-12,15,19,30H,8-9,13-14H2,1-3H3,(H,28,31)/t19-,26-,34?/m1/s1. The molecule has 8 heteroatoms. The summed E-state index contributed by atoms with van der Waals surface area (Å²) in [6.07, 6.45) is 3.85. The van der Waals surface area contributed by atoms with Crippen LogP contribution in [-0.2, 0) is 9.73 Å². The van der Waals surface area contributed by atoms with E-state index in [2.05, 4.69) is 42.4 Å². The van der Waals surface area contributed by atoms with Crippen molar-refractivity contribution in [2.24, 2.45) is 4.36 Å². The van der Waals surface area contributed by atoms with Crippen LogP contribution in [0.1, 0.15) is 45.2 Å². The molecule has 0 radical (unpaired) electrons. The molecule has 2 aliphatic rings. The van der Waals surface area contributed by atoms with Crippen LogP contribution in [0.5, 0.6) is 0 Å². The fourth-order valence-corrected chi connectivity index (χ4v) is 8.44. The molecular weight excluding hydrogens is 449 g/mol. The van der Waals surface area contributed by atoms with Gasteiger partial charge in [-0.1, -0.05) is 26.0 Å². The van der Waals surface area contributed by atoms with Crippen molar-refractivity contribution in [2.45, 2.75) is 51.1 Å². The molecule has 0 spiro atoms. The Labute approximate surface area is 198 Å². The number of pyridine rings is 1. The van der Waals surface area contributed by atoms with Crippen LogP contribution < -0.4 is 5.32 Å². The average Bonchev–Trinajstić information content (AvgIpc) is 3.35. The maximum absolute atomic E-state index is 14.1. The summed E-state index contributed by atoms with van der Waals surface area (Å²) >= 11 is 0. The quantitative estimate of drug-likeness (QED) is 0.399. The van der Waals surface area contributed by atoms with Crippen LogP contribution in [0.25, 0.3) is 32.8 Å². The third kappa shape index (κ3) is 3.60. The second-order valence-corrected chi connectivity index (χ2v) is 12.7. The highest BCUT2D eigenvalue weighted by molar-refractivity contribution is 7.93. The molecule has 3 atom stereocenters. The van der Waals surface area contributed by atoms with Crippen LogP contribution >= 0.6 is 0 Å². The van der Waals surface area contributed by atoms with E-state index in [-0.39, 0.29) is 23.3 Å². The molecule has 34 heavy (non-hydrogen) atoms. The molecule has 6 nitrogen and oxygen atoms in total. The Morgan fingerprint density at radius 1 is 1.21 bits per heavy atom. The molecule has 6 rings (SSSR count). The molecule has 2 bridgehead atoms. The summed E-state index contributed by atoms with van der Waals surface area (Å²) in [5, 5.41) is 13.6. The van der Waals surface area contributed by atoms with Crippen molar-refractivity contribution in [2.75, 3.05) is 11.5 Å². The second kappa shape index (κ2) is 7.58. The number of nitrogens with zero attached hydrogens (tertiary/aromatic N) is 3. The van der Waals surface area contributed by atoms with E-state index in [4.69, 9.17) is 9.35 Å². The van der Waals surface area contributed by atoms with Gasteiger partial charge < -0.3 is 5.32 Å². The maximum Gasteiger partial charge on any atom is 0.169 e. The van der Waals surface area contributed by atoms with Crippen LogP contribution in [0.2, 0.25) is 0 Å². The van der Waals surface area contributed by atoms with E-state index in [0.29, 0.717) is 17.3 Å². The van der Waals surface area contributed by atoms with Crippen LogP contribution in [0, 0.1) is 5.82 Å². The number of hydrogen-bond donors (Lipinski definition) is 2. The van der Waals surface area contributed by atoms with E-state index in [9.17, 15) is 8.60 Å². The molecule has 0 saturated carbocycles. The van der Waals surface area contributed by atoms with Crippen molar-refractivity contribution >= 4 is 37.2 Å². The first kappa shape index (κ1) is 21.7. The highest BCUT2D eigenvalue weighted by Gasteiger charge is 2.43. The molecule has 176 valence electrons. The highest BCUT2D eigenvalue weighted by atomic mass is 32.2. The molecule has 2 aliphatic heterocycles. The first-order chi connectivity index (χ1) is 16.2. The topological polar surface area (TPSA) is 83.0 Å². The summed E-state index contributed by atoms with van der Waals surface area (Å²) in [6, 6.07) is 10.9. The second-order valence-electron chi connectivity index (χ2n) is 10.3. The van der Waals surface area contributed by atoms with E-state index in [1.165, 1.54) is 12.1 Å². The normalized spacial score (nSPS) is 26.6. The molecule has 2 aromatic heterocycles. The lowest BCUT2D eigenvalue weighted by molar-refractivity contribution is 0.427. The minimum absolute atomic E-state index is 0.0952. The lowest BCUT2D eigenvalue weighted by Crippen LogP contribution is -2.53. The van der Waals surface area contributed by atoms with Gasteiger partial charge in [-0.25, -0.2) is 13.6 Å². The molecule has 2 aromatic carbocycles. The van der Waals surface area contributed by atoms with E-state index >= 15 is 0 Å². The Bertz CT molecular complexity index is 1550. The number of aromatic nitrogens is 3. The molecule has 2 saturated heterocycles. The predicted molar refractivity (Wildman–Crippen MR) is 135 cm³/mol. The lowest BCUT2D eigenvalue weighted by Gasteiger charge is -2.32. The Balaban J connectivity index is 1.67. The van der Waals surface area contributed by atoms with E-state index in [1.54, 1.807) is 18.3 Å². The first-order valence-electron chi connectivity index (χ1n) is 11.8. The molecule has 2 fully saturated rings. The minimum Gasteiger partial charge on any atom is -0.307 e. The number of H-pyrrole nitrogens is 1. The number of nitrogens with one attached hydrogen (secondary N) is 2. The van der Waals surface area contributed by atoms with Gasteiger partial charge in [0.05, 0.1) is 32.9 Å². The van der Waals surface area contributed by atoms with Crippen molar-refractivity contribution in [3.8, 4) is 11.1 Å². The summed E-state index contributed by atoms with van der Waals surface area (Å²) in [5.41, 5.74) is 3.46. The Morgan fingerprint density at radius 2 is 2.00 bits per heavy atom. The Kier molecular flexibility index (Phi) is 4.83. The molecule has 4 aromatic rings. The molecule has 2 N–H and O–H groups in total. The van der Waals surface area contributed by atoms with Crippen molar-refractivity contribution in [3.05, 3.63) is 54.1 Å². The molecule has 4 heterocycles. The van der Waals surface area contributed by atoms with Crippen LogP contribution in [0.4, 0.5) is 10.2 Å². The number of hydrogen-bond acceptors (Lipinski definition) is 5. The van der Waals surface area contributed by atoms with Crippen LogP contribution in [0.3, 0.4) is 0 Å². The summed E-state index contributed by atoms with van der Waals surface area (Å²) in [6.45, 7) is 6.33. The zero-order valence-corrected chi connectivity index (χ0v) is 20.4. The highest BCUT2D eigenvalue weighted by Crippen LogP contribution is 2.41. The predicted octanol–water partition coefficient (Wildman–Crippen LogP) is 5.66. The Morgan fingerprint density at radius 3 is 2.74 bits per heavy atom. The van der Waals surface area contributed by atoms with E-state index < -0.39 is 9.73 Å². The largest absolute Gasteiger partial charge is 0.307 e. The summed E-state index contributed by atoms with van der Waals surface area (Å²) < 4.78 is 32.7. The zero-order valence-electron chi connectivity index (χ0n) is 19.6. The fraction of sp³-hybridized carbons (Fsp3) is 0.385. The summed E-state index contributed by atoms with van der Waals surface area (Å²) in [5.74, 6) is 1.42. The van der Waals surface area contributed by atoms with Gasteiger partial charge >= 0.3 is 0 Å². The number of rotatable bonds is 3. The van der Waals surface area contributed by atoms with Gasteiger partial charge in [-0.3, -0.25) is 5.10 Å². The molecule has 0 aliphatic carbocycles. The van der Waals surface area contributed by atoms with Crippen molar-refractivity contribution in [1.29, 1.82) is 0 Å². The van der Waals surface area contributed by atoms with Crippen molar-refractivity contribution in [1.82, 2.24) is 20.5 Å². The third-order valence-corrected chi connectivity index (χ3v) is 9.62. The third-order valence-electron chi connectivity index (χ3n) is 7.11. The SMILES string of the molecule is CC(C)c1nc(N=S2(=O)C[C@H]3CC[C@](C)(C2)N3)c2cc3[nH]ncc3cc2c1-c1ccc(F)cc1. The first-order valence-corrected chi connectivity index (χ1v) is 13.6. The van der Waals surface area contributed by atoms with Gasteiger partial charge in [-0.05, 0) is 60.9 Å². The number of halogens is 1. The zero-order chi connectivity index (χ0) is 23.7. The van der Waals surface area contributed by atoms with E-state index in [1.807, 2.05) is 6.07 Å². The Hall–Kier alpha value is -2.84. The summed E-state index contributed by atoms with van der Waals surface area (Å²) in [4.78, 5) is 5.03. The van der Waals surface area contributed by atoms with Gasteiger partial charge in [-0.2, -0.15) is 9.46 Å². The van der Waals surface area contributed by atoms with Gasteiger partial charge in [0.1, 0.15) is 5.82 Å².